The molecule has 55 heavy (non-hydrogen) atoms. The fourth-order valence-corrected chi connectivity index (χ4v) is 3.77. The minimum atomic E-state index is 0. The zero-order chi connectivity index (χ0) is 41.9. The molecule has 0 aliphatic heterocycles. The normalized spacial score (nSPS) is 10.5. The van der Waals surface area contributed by atoms with Crippen LogP contribution in [0.3, 0.4) is 0 Å². The fourth-order valence-electron chi connectivity index (χ4n) is 3.30. The Morgan fingerprint density at radius 1 is 0.636 bits per heavy atom. The van der Waals surface area contributed by atoms with Crippen molar-refractivity contribution in [1.29, 1.82) is 0 Å². The molecular formula is C50H99N2OSW-. The third-order valence-electron chi connectivity index (χ3n) is 5.52. The number of benzene rings is 1. The summed E-state index contributed by atoms with van der Waals surface area (Å²) in [6.45, 7) is 31.7. The first-order chi connectivity index (χ1) is 25.6. The van der Waals surface area contributed by atoms with Crippen molar-refractivity contribution < 1.29 is 25.9 Å². The van der Waals surface area contributed by atoms with Gasteiger partial charge in [0.1, 0.15) is 5.78 Å². The molecule has 1 atom stereocenters. The standard InChI is InChI=1S/C7H15NOS.C7H8.C5H5N.C5H10.2C5H6.7C2H6.CH4.CH3.W/c1-6(9)7(8-2)4-5-10-3;1-7-5-3-2-4-6-7;1-2-4-6-5-3-1;3*1-2-4-5-3-1;7*1-2;;;/h7-8H,4-5H2,1-3H3;2-6H,1H3;1-5H;1-5H2;2*1-4H,5H2;7*1-2H3;1H4;1H3;/q;;;;;;;;;;;;;;-1;/t7-;;;;;;;;;;;;;;;/m0.............../s1. The maximum Gasteiger partial charge on any atom is 0.146 e. The van der Waals surface area contributed by atoms with Crippen LogP contribution in [0.15, 0.2) is 110 Å². The molecule has 0 unspecified atom stereocenters. The quantitative estimate of drug-likeness (QED) is 0.303. The van der Waals surface area contributed by atoms with Gasteiger partial charge >= 0.3 is 0 Å². The van der Waals surface area contributed by atoms with E-state index in [-0.39, 0.29) is 47.7 Å². The monoisotopic (exact) mass is 960 g/mol. The van der Waals surface area contributed by atoms with Crippen LogP contribution in [0.4, 0.5) is 0 Å². The molecule has 0 bridgehead atoms. The summed E-state index contributed by atoms with van der Waals surface area (Å²) in [7, 11) is 1.83. The number of likely N-dealkylation sites (N-methyl/N-ethyl adjacent to an activating group) is 1. The topological polar surface area (TPSA) is 42.0 Å². The molecule has 0 saturated heterocycles. The van der Waals surface area contributed by atoms with Gasteiger partial charge in [0.25, 0.3) is 0 Å². The summed E-state index contributed by atoms with van der Waals surface area (Å²) < 4.78 is 0. The number of carbonyl (C=O) groups is 1. The molecular weight excluding hydrogens is 860 g/mol. The van der Waals surface area contributed by atoms with Gasteiger partial charge in [-0.25, -0.2) is 0 Å². The Morgan fingerprint density at radius 3 is 1.09 bits per heavy atom. The molecule has 1 heterocycles. The zero-order valence-electron chi connectivity index (χ0n) is 39.5. The Bertz CT molecular complexity index is 805. The Labute approximate surface area is 368 Å². The van der Waals surface area contributed by atoms with Crippen LogP contribution in [-0.4, -0.2) is 35.9 Å². The number of Topliss-reactive ketones (excluding diaryl/α,β-unsaturated/α-hetero) is 1. The summed E-state index contributed by atoms with van der Waals surface area (Å²) in [5.41, 5.74) is 1.32. The first kappa shape index (κ1) is 81.2. The fraction of sp³-hybridized carbons (Fsp3) is 0.580. The molecule has 5 rings (SSSR count). The molecule has 0 spiro atoms. The molecule has 2 aromatic rings. The number of hydrogen-bond acceptors (Lipinski definition) is 4. The van der Waals surface area contributed by atoms with Crippen LogP contribution >= 0.6 is 11.8 Å². The summed E-state index contributed by atoms with van der Waals surface area (Å²) in [6.07, 6.45) is 33.0. The Hall–Kier alpha value is -2.00. The largest absolute Gasteiger partial charge is 0.358 e. The van der Waals surface area contributed by atoms with E-state index in [0.717, 1.165) is 25.0 Å². The van der Waals surface area contributed by atoms with Gasteiger partial charge in [0, 0.05) is 33.5 Å². The second kappa shape index (κ2) is 98.8. The number of rotatable bonds is 5. The summed E-state index contributed by atoms with van der Waals surface area (Å²) in [5.74, 6) is 1.28. The predicted octanol–water partition coefficient (Wildman–Crippen LogP) is 17.2. The Balaban J connectivity index is -0.0000000440. The maximum absolute atomic E-state index is 10.8. The van der Waals surface area contributed by atoms with E-state index in [1.807, 2.05) is 147 Å². The molecule has 5 heteroatoms. The molecule has 1 saturated carbocycles. The number of nitrogens with zero attached hydrogens (tertiary/aromatic N) is 1. The SMILES string of the molecule is C.C1=CCC=C1.C1=CCC=C1.C1CCCC1.CC.CC.CC.CC.CC.CC.CC.CN[C@@H](CCSC)C(C)=O.Cc1ccccc1.[CH3-].[W].c1ccncc1. The molecule has 1 N–H and O–H groups in total. The van der Waals surface area contributed by atoms with Crippen molar-refractivity contribution in [3.8, 4) is 0 Å². The van der Waals surface area contributed by atoms with Crippen LogP contribution < -0.4 is 5.32 Å². The number of nitrogens with one attached hydrogen (secondary N) is 1. The van der Waals surface area contributed by atoms with Crippen molar-refractivity contribution in [2.45, 2.75) is 176 Å². The predicted molar refractivity (Wildman–Crippen MR) is 263 cm³/mol. The molecule has 3 nitrogen and oxygen atoms in total. The summed E-state index contributed by atoms with van der Waals surface area (Å²) in [4.78, 5) is 14.6. The summed E-state index contributed by atoms with van der Waals surface area (Å²) >= 11 is 1.77. The van der Waals surface area contributed by atoms with Crippen LogP contribution in [0.1, 0.15) is 168 Å². The van der Waals surface area contributed by atoms with Gasteiger partial charge in [-0.2, -0.15) is 11.8 Å². The first-order valence-corrected chi connectivity index (χ1v) is 22.2. The van der Waals surface area contributed by atoms with Crippen molar-refractivity contribution >= 4 is 17.5 Å². The van der Waals surface area contributed by atoms with Crippen molar-refractivity contribution in [2.24, 2.45) is 0 Å². The summed E-state index contributed by atoms with van der Waals surface area (Å²) in [5, 5.41) is 2.97. The second-order valence-corrected chi connectivity index (χ2v) is 9.85. The second-order valence-electron chi connectivity index (χ2n) is 8.86. The number of hydrogen-bond donors (Lipinski definition) is 1. The van der Waals surface area contributed by atoms with Gasteiger partial charge in [0.05, 0.1) is 6.04 Å². The molecule has 0 radical (unpaired) electrons. The molecule has 3 aliphatic rings. The average molecular weight is 960 g/mol. The molecule has 1 fully saturated rings. The first-order valence-electron chi connectivity index (χ1n) is 20.8. The van der Waals surface area contributed by atoms with E-state index in [2.05, 4.69) is 78.0 Å². The number of allylic oxidation sites excluding steroid dienone is 8. The number of carbonyl (C=O) groups excluding carboxylic acids is 1. The van der Waals surface area contributed by atoms with E-state index in [9.17, 15) is 4.79 Å². The number of aryl methyl sites for hydroxylation is 1. The third kappa shape index (κ3) is 95.0. The van der Waals surface area contributed by atoms with Gasteiger partial charge in [-0.05, 0) is 64.3 Å². The van der Waals surface area contributed by atoms with Gasteiger partial charge in [-0.3, -0.25) is 9.78 Å². The van der Waals surface area contributed by atoms with Crippen LogP contribution in [0.25, 0.3) is 0 Å². The van der Waals surface area contributed by atoms with Crippen molar-refractivity contribution in [3.05, 3.63) is 123 Å². The van der Waals surface area contributed by atoms with E-state index >= 15 is 0 Å². The van der Waals surface area contributed by atoms with E-state index in [1.54, 1.807) is 31.1 Å². The van der Waals surface area contributed by atoms with Gasteiger partial charge in [0.15, 0.2) is 0 Å². The smallest absolute Gasteiger partial charge is 0.146 e. The van der Waals surface area contributed by atoms with Gasteiger partial charge in [0.2, 0.25) is 0 Å². The van der Waals surface area contributed by atoms with Gasteiger partial charge in [-0.1, -0.05) is 227 Å². The van der Waals surface area contributed by atoms with Crippen LogP contribution in [-0.2, 0) is 25.9 Å². The van der Waals surface area contributed by atoms with Crippen molar-refractivity contribution in [1.82, 2.24) is 10.3 Å². The number of thioether (sulfide) groups is 1. The minimum absolute atomic E-state index is 0. The molecule has 328 valence electrons. The van der Waals surface area contributed by atoms with E-state index < -0.39 is 0 Å². The van der Waals surface area contributed by atoms with Gasteiger partial charge in [-0.15, -0.1) is 0 Å². The number of aromatic nitrogens is 1. The van der Waals surface area contributed by atoms with Crippen molar-refractivity contribution in [2.75, 3.05) is 19.1 Å². The Kier molecular flexibility index (Phi) is 146. The number of pyridine rings is 1. The zero-order valence-corrected chi connectivity index (χ0v) is 43.3. The maximum atomic E-state index is 10.8. The van der Waals surface area contributed by atoms with Crippen molar-refractivity contribution in [3.63, 3.8) is 0 Å². The van der Waals surface area contributed by atoms with E-state index in [1.165, 1.54) is 37.7 Å². The minimum Gasteiger partial charge on any atom is -0.358 e. The van der Waals surface area contributed by atoms with E-state index in [4.69, 9.17) is 0 Å². The molecule has 1 aromatic carbocycles. The molecule has 1 aromatic heterocycles. The number of ketones is 1. The van der Waals surface area contributed by atoms with E-state index in [0.29, 0.717) is 0 Å². The van der Waals surface area contributed by atoms with Crippen LogP contribution in [0, 0.1) is 14.4 Å². The summed E-state index contributed by atoms with van der Waals surface area (Å²) in [6, 6.07) is 16.0. The Morgan fingerprint density at radius 2 is 0.945 bits per heavy atom. The van der Waals surface area contributed by atoms with Gasteiger partial charge < -0.3 is 12.7 Å². The third-order valence-corrected chi connectivity index (χ3v) is 6.16. The molecule has 3 aliphatic carbocycles. The van der Waals surface area contributed by atoms with Crippen LogP contribution in [0.2, 0.25) is 0 Å². The average Bonchev–Trinajstić information content (AvgIpc) is 4.11. The molecule has 0 amide bonds. The van der Waals surface area contributed by atoms with Crippen LogP contribution in [0.5, 0.6) is 0 Å².